The van der Waals surface area contributed by atoms with Crippen LogP contribution in [0.1, 0.15) is 45.7 Å². The maximum atomic E-state index is 12.6. The van der Waals surface area contributed by atoms with Gasteiger partial charge in [-0.2, -0.15) is 0 Å². The highest BCUT2D eigenvalue weighted by molar-refractivity contribution is 6.80. The predicted molar refractivity (Wildman–Crippen MR) is 87.0 cm³/mol. The fourth-order valence-corrected chi connectivity index (χ4v) is 5.43. The standard InChI is InChI=1S/C17H27NOSi/c1-7-14-15(13-11-9-8-10-12-13)18(16(14)19)20(5,6)17(2,3)4/h8-12,14-15H,7H2,1-6H3. The summed E-state index contributed by atoms with van der Waals surface area (Å²) in [6.45, 7) is 13.6. The largest absolute Gasteiger partial charge is 0.361 e. The Bertz CT molecular complexity index is 489. The predicted octanol–water partition coefficient (Wildman–Crippen LogP) is 4.60. The summed E-state index contributed by atoms with van der Waals surface area (Å²) >= 11 is 0. The van der Waals surface area contributed by atoms with Crippen molar-refractivity contribution in [3.63, 3.8) is 0 Å². The van der Waals surface area contributed by atoms with Gasteiger partial charge in [0, 0.05) is 0 Å². The lowest BCUT2D eigenvalue weighted by atomic mass is 9.83. The van der Waals surface area contributed by atoms with Crippen molar-refractivity contribution in [2.24, 2.45) is 5.92 Å². The Morgan fingerprint density at radius 1 is 1.15 bits per heavy atom. The van der Waals surface area contributed by atoms with Crippen molar-refractivity contribution < 1.29 is 4.79 Å². The number of β-lactam (4-membered cyclic amide) rings is 1. The maximum Gasteiger partial charge on any atom is 0.220 e. The quantitative estimate of drug-likeness (QED) is 0.588. The van der Waals surface area contributed by atoms with Gasteiger partial charge >= 0.3 is 0 Å². The summed E-state index contributed by atoms with van der Waals surface area (Å²) in [5, 5.41) is 0.189. The minimum Gasteiger partial charge on any atom is -0.361 e. The van der Waals surface area contributed by atoms with Gasteiger partial charge in [-0.15, -0.1) is 0 Å². The highest BCUT2D eigenvalue weighted by atomic mass is 28.3. The second kappa shape index (κ2) is 5.03. The number of amides is 1. The van der Waals surface area contributed by atoms with E-state index in [1.54, 1.807) is 0 Å². The van der Waals surface area contributed by atoms with Crippen molar-refractivity contribution >= 4 is 14.1 Å². The van der Waals surface area contributed by atoms with Gasteiger partial charge in [-0.25, -0.2) is 0 Å². The fraction of sp³-hybridized carbons (Fsp3) is 0.588. The first-order chi connectivity index (χ1) is 9.21. The minimum atomic E-state index is -1.80. The number of benzene rings is 1. The van der Waals surface area contributed by atoms with Crippen molar-refractivity contribution in [3.8, 4) is 0 Å². The van der Waals surface area contributed by atoms with E-state index in [1.165, 1.54) is 5.56 Å². The van der Waals surface area contributed by atoms with Crippen molar-refractivity contribution in [3.05, 3.63) is 35.9 Å². The summed E-state index contributed by atoms with van der Waals surface area (Å²) in [6, 6.07) is 10.8. The van der Waals surface area contributed by atoms with Gasteiger partial charge in [-0.3, -0.25) is 4.79 Å². The first kappa shape index (κ1) is 15.3. The lowest BCUT2D eigenvalue weighted by molar-refractivity contribution is -0.148. The van der Waals surface area contributed by atoms with Crippen molar-refractivity contribution in [1.82, 2.24) is 4.57 Å². The molecule has 0 aliphatic carbocycles. The molecule has 1 amide bonds. The fourth-order valence-electron chi connectivity index (χ4n) is 2.96. The molecule has 1 fully saturated rings. The van der Waals surface area contributed by atoms with E-state index in [2.05, 4.69) is 69.6 Å². The zero-order chi connectivity index (χ0) is 15.1. The summed E-state index contributed by atoms with van der Waals surface area (Å²) in [6.07, 6.45) is 0.934. The lowest BCUT2D eigenvalue weighted by Crippen LogP contribution is -2.68. The molecule has 0 N–H and O–H groups in total. The van der Waals surface area contributed by atoms with Crippen LogP contribution < -0.4 is 0 Å². The van der Waals surface area contributed by atoms with Crippen LogP contribution in [0.4, 0.5) is 0 Å². The Labute approximate surface area is 124 Å². The van der Waals surface area contributed by atoms with E-state index in [4.69, 9.17) is 0 Å². The van der Waals surface area contributed by atoms with Gasteiger partial charge in [0.05, 0.1) is 12.0 Å². The van der Waals surface area contributed by atoms with Gasteiger partial charge < -0.3 is 4.57 Å². The van der Waals surface area contributed by atoms with Crippen LogP contribution in [0.2, 0.25) is 18.1 Å². The highest BCUT2D eigenvalue weighted by Gasteiger charge is 2.56. The second-order valence-electron chi connectivity index (χ2n) is 7.39. The lowest BCUT2D eigenvalue weighted by Gasteiger charge is -2.58. The van der Waals surface area contributed by atoms with Gasteiger partial charge in [-0.1, -0.05) is 71.1 Å². The molecule has 1 aromatic rings. The van der Waals surface area contributed by atoms with Gasteiger partial charge in [0.15, 0.2) is 8.24 Å². The van der Waals surface area contributed by atoms with Crippen LogP contribution in [0.25, 0.3) is 0 Å². The highest BCUT2D eigenvalue weighted by Crippen LogP contribution is 2.51. The number of hydrogen-bond donors (Lipinski definition) is 0. The third-order valence-corrected chi connectivity index (χ3v) is 10.6. The third-order valence-electron chi connectivity index (χ3n) is 5.23. The zero-order valence-electron chi connectivity index (χ0n) is 13.6. The number of carbonyl (C=O) groups is 1. The molecular weight excluding hydrogens is 262 g/mol. The van der Waals surface area contributed by atoms with Crippen LogP contribution in [0.15, 0.2) is 30.3 Å². The van der Waals surface area contributed by atoms with E-state index in [-0.39, 0.29) is 17.0 Å². The van der Waals surface area contributed by atoms with Gasteiger partial charge in [0.25, 0.3) is 0 Å². The summed E-state index contributed by atoms with van der Waals surface area (Å²) in [4.78, 5) is 12.6. The van der Waals surface area contributed by atoms with Crippen LogP contribution in [0, 0.1) is 5.92 Å². The number of nitrogens with zero attached hydrogens (tertiary/aromatic N) is 1. The molecule has 110 valence electrons. The molecule has 2 unspecified atom stereocenters. The molecule has 2 nitrogen and oxygen atoms in total. The molecule has 0 bridgehead atoms. The van der Waals surface area contributed by atoms with E-state index < -0.39 is 8.24 Å². The number of rotatable bonds is 3. The van der Waals surface area contributed by atoms with Crippen LogP contribution in [-0.2, 0) is 4.79 Å². The molecule has 1 aromatic carbocycles. The second-order valence-corrected chi connectivity index (χ2v) is 12.5. The molecule has 0 spiro atoms. The Morgan fingerprint density at radius 3 is 2.15 bits per heavy atom. The molecule has 1 heterocycles. The average molecular weight is 289 g/mol. The van der Waals surface area contributed by atoms with Gasteiger partial charge in [-0.05, 0) is 17.0 Å². The number of hydrogen-bond acceptors (Lipinski definition) is 1. The van der Waals surface area contributed by atoms with E-state index in [0.29, 0.717) is 5.91 Å². The molecule has 1 saturated heterocycles. The molecule has 1 aliphatic rings. The van der Waals surface area contributed by atoms with E-state index in [1.807, 2.05) is 6.07 Å². The molecule has 3 heteroatoms. The van der Waals surface area contributed by atoms with E-state index in [9.17, 15) is 4.79 Å². The van der Waals surface area contributed by atoms with Gasteiger partial charge in [0.1, 0.15) is 0 Å². The smallest absolute Gasteiger partial charge is 0.220 e. The Balaban J connectivity index is 2.40. The first-order valence-electron chi connectivity index (χ1n) is 7.60. The summed E-state index contributed by atoms with van der Waals surface area (Å²) in [5.74, 6) is 0.541. The molecule has 2 rings (SSSR count). The molecule has 1 aliphatic heterocycles. The molecule has 20 heavy (non-hydrogen) atoms. The van der Waals surface area contributed by atoms with Gasteiger partial charge in [0.2, 0.25) is 5.91 Å². The number of carbonyl (C=O) groups excluding carboxylic acids is 1. The van der Waals surface area contributed by atoms with Crippen LogP contribution >= 0.6 is 0 Å². The molecule has 0 aromatic heterocycles. The summed E-state index contributed by atoms with van der Waals surface area (Å²) in [5.41, 5.74) is 1.30. The average Bonchev–Trinajstić information content (AvgIpc) is 2.35. The Hall–Kier alpha value is -1.09. The van der Waals surface area contributed by atoms with Crippen LogP contribution in [0.5, 0.6) is 0 Å². The topological polar surface area (TPSA) is 20.3 Å². The minimum absolute atomic E-state index is 0.173. The molecular formula is C17H27NOSi. The zero-order valence-corrected chi connectivity index (χ0v) is 14.6. The third kappa shape index (κ3) is 2.22. The van der Waals surface area contributed by atoms with Crippen molar-refractivity contribution in [1.29, 1.82) is 0 Å². The Kier molecular flexibility index (Phi) is 3.85. The SMILES string of the molecule is CCC1C(=O)N([Si](C)(C)C(C)(C)C)C1c1ccccc1. The summed E-state index contributed by atoms with van der Waals surface area (Å²) in [7, 11) is -1.80. The van der Waals surface area contributed by atoms with Crippen LogP contribution in [0.3, 0.4) is 0 Å². The first-order valence-corrected chi connectivity index (χ1v) is 10.5. The van der Waals surface area contributed by atoms with E-state index in [0.717, 1.165) is 6.42 Å². The Morgan fingerprint density at radius 2 is 1.70 bits per heavy atom. The normalized spacial score (nSPS) is 23.7. The maximum absolute atomic E-state index is 12.6. The van der Waals surface area contributed by atoms with Crippen LogP contribution in [-0.4, -0.2) is 18.7 Å². The summed E-state index contributed by atoms with van der Waals surface area (Å²) < 4.78 is 2.25. The molecule has 2 atom stereocenters. The van der Waals surface area contributed by atoms with Crippen molar-refractivity contribution in [2.45, 2.75) is 58.3 Å². The molecule has 0 saturated carbocycles. The monoisotopic (exact) mass is 289 g/mol. The molecule has 0 radical (unpaired) electrons. The van der Waals surface area contributed by atoms with Crippen molar-refractivity contribution in [2.75, 3.05) is 0 Å². The van der Waals surface area contributed by atoms with E-state index >= 15 is 0 Å².